The normalized spacial score (nSPS) is 25.5. The number of fused-ring (bicyclic) bond motifs is 2. The molecular formula is C30H43N3O6S2. The molecule has 0 radical (unpaired) electrons. The number of aromatic nitrogens is 1. The predicted molar refractivity (Wildman–Crippen MR) is 165 cm³/mol. The standard InChI is InChI=1S/C30H43N3O6S2/c1-21(15-16-33(5)6)13-14-23(3)18-26-19-28-31-25(20-40-28)10-8-11-27(32-41(36)37)30(35)38-24(4)17-22(2)9-7-12-29(34)39-26/h7,9,12-15,18,20,24,26-27,32H,8,10-11,16-17,19H2,1-6H3,(H,36,37)/b12-7-,14-13+,21-15+,22-9+,23-18+. The maximum absolute atomic E-state index is 12.7. The van der Waals surface area contributed by atoms with Crippen molar-refractivity contribution in [3.63, 3.8) is 0 Å². The minimum atomic E-state index is -2.35. The van der Waals surface area contributed by atoms with Gasteiger partial charge >= 0.3 is 11.9 Å². The highest BCUT2D eigenvalue weighted by molar-refractivity contribution is 7.77. The van der Waals surface area contributed by atoms with Crippen LogP contribution in [0.5, 0.6) is 0 Å². The molecule has 41 heavy (non-hydrogen) atoms. The molecular weight excluding hydrogens is 562 g/mol. The molecule has 9 nitrogen and oxygen atoms in total. The molecule has 1 aliphatic heterocycles. The Morgan fingerprint density at radius 1 is 1.22 bits per heavy atom. The van der Waals surface area contributed by atoms with Gasteiger partial charge in [0, 0.05) is 30.8 Å². The zero-order chi connectivity index (χ0) is 30.4. The molecule has 2 bridgehead atoms. The molecule has 226 valence electrons. The van der Waals surface area contributed by atoms with Gasteiger partial charge in [0.1, 0.15) is 18.2 Å². The Kier molecular flexibility index (Phi) is 15.1. The van der Waals surface area contributed by atoms with E-state index in [1.54, 1.807) is 19.1 Å². The summed E-state index contributed by atoms with van der Waals surface area (Å²) in [7, 11) is 4.04. The van der Waals surface area contributed by atoms with E-state index in [1.165, 1.54) is 17.4 Å². The molecule has 0 spiro atoms. The summed E-state index contributed by atoms with van der Waals surface area (Å²) in [5.74, 6) is -1.04. The fraction of sp³-hybridized carbons (Fsp3) is 0.500. The Labute approximate surface area is 250 Å². The molecule has 0 aliphatic carbocycles. The third-order valence-electron chi connectivity index (χ3n) is 6.07. The molecule has 2 heterocycles. The van der Waals surface area contributed by atoms with Crippen molar-refractivity contribution in [3.8, 4) is 0 Å². The predicted octanol–water partition coefficient (Wildman–Crippen LogP) is 4.86. The second kappa shape index (κ2) is 18.0. The summed E-state index contributed by atoms with van der Waals surface area (Å²) in [5, 5.41) is 2.77. The minimum absolute atomic E-state index is 0.319. The van der Waals surface area contributed by atoms with Crippen LogP contribution < -0.4 is 4.72 Å². The quantitative estimate of drug-likeness (QED) is 0.257. The van der Waals surface area contributed by atoms with Crippen molar-refractivity contribution in [1.29, 1.82) is 0 Å². The second-order valence-electron chi connectivity index (χ2n) is 10.5. The summed E-state index contributed by atoms with van der Waals surface area (Å²) in [6.45, 7) is 8.51. The summed E-state index contributed by atoms with van der Waals surface area (Å²) in [6.07, 6.45) is 14.3. The van der Waals surface area contributed by atoms with Crippen LogP contribution in [0.4, 0.5) is 0 Å². The number of carbonyl (C=O) groups is 2. The van der Waals surface area contributed by atoms with E-state index in [-0.39, 0.29) is 0 Å². The maximum Gasteiger partial charge on any atom is 0.331 e. The molecule has 0 amide bonds. The van der Waals surface area contributed by atoms with Gasteiger partial charge in [0.2, 0.25) is 11.3 Å². The number of nitrogens with one attached hydrogen (secondary N) is 1. The van der Waals surface area contributed by atoms with E-state index in [1.807, 2.05) is 58.5 Å². The number of aryl methyl sites for hydroxylation is 1. The largest absolute Gasteiger partial charge is 0.461 e. The molecule has 1 aliphatic rings. The molecule has 1 aromatic heterocycles. The Morgan fingerprint density at radius 3 is 2.66 bits per heavy atom. The lowest BCUT2D eigenvalue weighted by atomic mass is 10.1. The zero-order valence-electron chi connectivity index (χ0n) is 24.8. The average molecular weight is 606 g/mol. The zero-order valence-corrected chi connectivity index (χ0v) is 26.4. The SMILES string of the molecule is CC(/C=C/C(C)=C/C1Cc2nc(cs2)CCCC(NS(=O)O)C(=O)OC(C)C/C(C)=C/C=C\C(=O)O1)=C\CN(C)C. The number of ether oxygens (including phenoxy) is 2. The average Bonchev–Trinajstić information content (AvgIpc) is 3.31. The highest BCUT2D eigenvalue weighted by atomic mass is 32.2. The first-order chi connectivity index (χ1) is 19.4. The number of rotatable bonds is 7. The van der Waals surface area contributed by atoms with Crippen LogP contribution in [-0.2, 0) is 43.2 Å². The number of cyclic esters (lactones) is 2. The van der Waals surface area contributed by atoms with Gasteiger partial charge in [-0.05, 0) is 67.1 Å². The summed E-state index contributed by atoms with van der Waals surface area (Å²) in [6, 6.07) is -0.911. The van der Waals surface area contributed by atoms with E-state index in [2.05, 4.69) is 15.7 Å². The van der Waals surface area contributed by atoms with E-state index in [9.17, 15) is 18.4 Å². The fourth-order valence-corrected chi connectivity index (χ4v) is 5.36. The van der Waals surface area contributed by atoms with Crippen molar-refractivity contribution in [3.05, 3.63) is 75.3 Å². The molecule has 1 aromatic rings. The van der Waals surface area contributed by atoms with E-state index in [0.29, 0.717) is 32.1 Å². The summed E-state index contributed by atoms with van der Waals surface area (Å²) in [5.41, 5.74) is 3.85. The van der Waals surface area contributed by atoms with Crippen LogP contribution in [0.3, 0.4) is 0 Å². The molecule has 2 N–H and O–H groups in total. The van der Waals surface area contributed by atoms with Gasteiger partial charge < -0.3 is 14.4 Å². The Balaban J connectivity index is 2.29. The molecule has 0 saturated carbocycles. The van der Waals surface area contributed by atoms with Crippen molar-refractivity contribution < 1.29 is 27.8 Å². The molecule has 11 heteroatoms. The van der Waals surface area contributed by atoms with Gasteiger partial charge in [-0.1, -0.05) is 47.1 Å². The van der Waals surface area contributed by atoms with Gasteiger partial charge in [0.15, 0.2) is 0 Å². The third-order valence-corrected chi connectivity index (χ3v) is 7.48. The van der Waals surface area contributed by atoms with Gasteiger partial charge in [-0.2, -0.15) is 0 Å². The number of allylic oxidation sites excluding steroid dienone is 6. The smallest absolute Gasteiger partial charge is 0.331 e. The van der Waals surface area contributed by atoms with Crippen LogP contribution >= 0.6 is 11.3 Å². The van der Waals surface area contributed by atoms with Crippen molar-refractivity contribution in [2.45, 2.75) is 78.0 Å². The van der Waals surface area contributed by atoms with E-state index < -0.39 is 41.5 Å². The summed E-state index contributed by atoms with van der Waals surface area (Å²) >= 11 is -0.868. The van der Waals surface area contributed by atoms with Crippen molar-refractivity contribution in [2.24, 2.45) is 0 Å². The molecule has 4 unspecified atom stereocenters. The van der Waals surface area contributed by atoms with E-state index in [4.69, 9.17) is 14.5 Å². The second-order valence-corrected chi connectivity index (χ2v) is 12.2. The fourth-order valence-electron chi connectivity index (χ4n) is 4.03. The maximum atomic E-state index is 12.7. The lowest BCUT2D eigenvalue weighted by Crippen LogP contribution is -2.40. The van der Waals surface area contributed by atoms with Crippen LogP contribution in [0, 0.1) is 0 Å². The van der Waals surface area contributed by atoms with Gasteiger partial charge in [0.05, 0.1) is 10.7 Å². The van der Waals surface area contributed by atoms with Crippen molar-refractivity contribution in [2.75, 3.05) is 20.6 Å². The van der Waals surface area contributed by atoms with Crippen molar-refractivity contribution in [1.82, 2.24) is 14.6 Å². The van der Waals surface area contributed by atoms with Crippen LogP contribution in [0.15, 0.2) is 64.6 Å². The number of thiazole rings is 1. The lowest BCUT2D eigenvalue weighted by molar-refractivity contribution is -0.150. The van der Waals surface area contributed by atoms with Crippen LogP contribution in [0.1, 0.15) is 57.7 Å². The first-order valence-corrected chi connectivity index (χ1v) is 15.6. The highest BCUT2D eigenvalue weighted by Crippen LogP contribution is 2.18. The molecule has 0 aromatic carbocycles. The molecule has 0 fully saturated rings. The first kappa shape index (κ1) is 34.5. The number of hydrogen-bond donors (Lipinski definition) is 2. The number of esters is 2. The Morgan fingerprint density at radius 2 is 1.95 bits per heavy atom. The van der Waals surface area contributed by atoms with Gasteiger partial charge in [-0.25, -0.2) is 18.7 Å². The van der Waals surface area contributed by atoms with E-state index in [0.717, 1.165) is 34.0 Å². The number of carbonyl (C=O) groups excluding carboxylic acids is 2. The van der Waals surface area contributed by atoms with Crippen LogP contribution in [0.2, 0.25) is 0 Å². The topological polar surface area (TPSA) is 118 Å². The third kappa shape index (κ3) is 14.7. The molecule has 2 rings (SSSR count). The van der Waals surface area contributed by atoms with E-state index >= 15 is 0 Å². The van der Waals surface area contributed by atoms with Crippen molar-refractivity contribution >= 4 is 34.5 Å². The minimum Gasteiger partial charge on any atom is -0.461 e. The first-order valence-electron chi connectivity index (χ1n) is 13.6. The number of likely N-dealkylation sites (N-methyl/N-ethyl adjacent to an activating group) is 1. The lowest BCUT2D eigenvalue weighted by Gasteiger charge is -2.19. The van der Waals surface area contributed by atoms with Gasteiger partial charge in [0.25, 0.3) is 0 Å². The van der Waals surface area contributed by atoms with Gasteiger partial charge in [-0.3, -0.25) is 9.35 Å². The monoisotopic (exact) mass is 605 g/mol. The highest BCUT2D eigenvalue weighted by Gasteiger charge is 2.24. The van der Waals surface area contributed by atoms with Crippen LogP contribution in [-0.4, -0.2) is 69.5 Å². The Hall–Kier alpha value is -2.70. The summed E-state index contributed by atoms with van der Waals surface area (Å²) < 4.78 is 34.4. The summed E-state index contributed by atoms with van der Waals surface area (Å²) in [4.78, 5) is 32.2. The molecule has 0 saturated heterocycles. The number of hydrogen-bond acceptors (Lipinski definition) is 8. The Bertz CT molecular complexity index is 1200. The molecule has 4 atom stereocenters. The van der Waals surface area contributed by atoms with Gasteiger partial charge in [-0.15, -0.1) is 11.3 Å². The number of nitrogens with zero attached hydrogens (tertiary/aromatic N) is 2. The van der Waals surface area contributed by atoms with Crippen LogP contribution in [0.25, 0.3) is 0 Å².